The highest BCUT2D eigenvalue weighted by Gasteiger charge is 2.15. The van der Waals surface area contributed by atoms with E-state index in [4.69, 9.17) is 11.6 Å². The second-order valence-corrected chi connectivity index (χ2v) is 5.69. The van der Waals surface area contributed by atoms with E-state index in [1.54, 1.807) is 12.5 Å². The number of halogens is 2. The Morgan fingerprint density at radius 3 is 2.55 bits per heavy atom. The van der Waals surface area contributed by atoms with Crippen LogP contribution in [0.3, 0.4) is 0 Å². The fourth-order valence-electron chi connectivity index (χ4n) is 1.89. The van der Waals surface area contributed by atoms with Crippen LogP contribution in [0.2, 0.25) is 5.15 Å². The molecule has 0 N–H and O–H groups in total. The zero-order chi connectivity index (χ0) is 14.1. The van der Waals surface area contributed by atoms with E-state index in [1.165, 1.54) is 0 Å². The lowest BCUT2D eigenvalue weighted by molar-refractivity contribution is 0.908. The number of imidazole rings is 1. The average Bonchev–Trinajstić information content (AvgIpc) is 2.89. The minimum Gasteiger partial charge on any atom is -0.331 e. The molecule has 0 spiro atoms. The minimum absolute atomic E-state index is 0.454. The molecule has 20 heavy (non-hydrogen) atoms. The van der Waals surface area contributed by atoms with Crippen molar-refractivity contribution in [3.8, 4) is 22.8 Å². The van der Waals surface area contributed by atoms with Crippen LogP contribution >= 0.6 is 34.2 Å². The summed E-state index contributed by atoms with van der Waals surface area (Å²) in [5.74, 6) is 0.578. The van der Waals surface area contributed by atoms with Crippen LogP contribution in [-0.2, 0) is 7.05 Å². The highest BCUT2D eigenvalue weighted by molar-refractivity contribution is 14.1. The molecule has 0 amide bonds. The fraction of sp³-hybridized carbons (Fsp3) is 0.0714. The zero-order valence-electron chi connectivity index (χ0n) is 10.6. The molecule has 3 rings (SSSR count). The molecule has 1 aromatic carbocycles. The van der Waals surface area contributed by atoms with Crippen molar-refractivity contribution in [2.24, 2.45) is 7.05 Å². The Labute approximate surface area is 135 Å². The Morgan fingerprint density at radius 1 is 1.15 bits per heavy atom. The summed E-state index contributed by atoms with van der Waals surface area (Å²) >= 11 is 8.42. The van der Waals surface area contributed by atoms with Gasteiger partial charge in [0, 0.05) is 12.6 Å². The summed E-state index contributed by atoms with van der Waals surface area (Å²) in [5.41, 5.74) is 2.69. The van der Waals surface area contributed by atoms with Crippen LogP contribution < -0.4 is 0 Å². The first kappa shape index (κ1) is 13.5. The minimum atomic E-state index is 0.454. The Bertz CT molecular complexity index is 755. The molecule has 0 fully saturated rings. The van der Waals surface area contributed by atoms with Gasteiger partial charge in [0.05, 0.1) is 21.8 Å². The second kappa shape index (κ2) is 5.49. The number of hydrogen-bond acceptors (Lipinski definition) is 3. The molecular formula is C14H10ClIN4. The van der Waals surface area contributed by atoms with Crippen LogP contribution in [0.1, 0.15) is 0 Å². The molecule has 3 aromatic rings. The summed E-state index contributed by atoms with van der Waals surface area (Å²) in [6.07, 6.45) is 3.44. The molecule has 0 bridgehead atoms. The van der Waals surface area contributed by atoms with Gasteiger partial charge in [0.25, 0.3) is 0 Å². The predicted molar refractivity (Wildman–Crippen MR) is 87.4 cm³/mol. The smallest absolute Gasteiger partial charge is 0.179 e. The van der Waals surface area contributed by atoms with Crippen LogP contribution in [0.25, 0.3) is 22.8 Å². The second-order valence-electron chi connectivity index (χ2n) is 4.26. The normalized spacial score (nSPS) is 10.8. The van der Waals surface area contributed by atoms with Gasteiger partial charge in [0.2, 0.25) is 0 Å². The van der Waals surface area contributed by atoms with Crippen LogP contribution in [0.4, 0.5) is 0 Å². The number of nitrogens with zero attached hydrogens (tertiary/aromatic N) is 4. The molecule has 6 heteroatoms. The van der Waals surface area contributed by atoms with Gasteiger partial charge in [-0.2, -0.15) is 0 Å². The lowest BCUT2D eigenvalue weighted by atomic mass is 10.1. The van der Waals surface area contributed by atoms with E-state index in [2.05, 4.69) is 37.5 Å². The molecule has 4 nitrogen and oxygen atoms in total. The van der Waals surface area contributed by atoms with Crippen molar-refractivity contribution in [1.29, 1.82) is 0 Å². The van der Waals surface area contributed by atoms with Gasteiger partial charge in [-0.15, -0.1) is 0 Å². The number of rotatable bonds is 2. The van der Waals surface area contributed by atoms with E-state index in [-0.39, 0.29) is 0 Å². The van der Waals surface area contributed by atoms with Gasteiger partial charge in [-0.1, -0.05) is 41.9 Å². The van der Waals surface area contributed by atoms with Crippen molar-refractivity contribution in [2.75, 3.05) is 0 Å². The van der Waals surface area contributed by atoms with Gasteiger partial charge in [0.1, 0.15) is 10.8 Å². The van der Waals surface area contributed by atoms with Gasteiger partial charge in [0.15, 0.2) is 5.82 Å². The van der Waals surface area contributed by atoms with Crippen molar-refractivity contribution >= 4 is 34.2 Å². The van der Waals surface area contributed by atoms with E-state index in [0.29, 0.717) is 11.0 Å². The van der Waals surface area contributed by atoms with E-state index >= 15 is 0 Å². The molecule has 100 valence electrons. The van der Waals surface area contributed by atoms with E-state index < -0.39 is 0 Å². The fourth-order valence-corrected chi connectivity index (χ4v) is 2.62. The first-order valence-corrected chi connectivity index (χ1v) is 7.37. The molecule has 0 atom stereocenters. The maximum absolute atomic E-state index is 6.25. The molecule has 0 saturated heterocycles. The highest BCUT2D eigenvalue weighted by Crippen LogP contribution is 2.30. The summed E-state index contributed by atoms with van der Waals surface area (Å²) < 4.78 is 2.72. The van der Waals surface area contributed by atoms with Gasteiger partial charge in [-0.25, -0.2) is 15.0 Å². The Morgan fingerprint density at radius 2 is 1.90 bits per heavy atom. The van der Waals surface area contributed by atoms with Gasteiger partial charge in [-0.05, 0) is 22.6 Å². The third-order valence-electron chi connectivity index (χ3n) is 2.90. The number of hydrogen-bond donors (Lipinski definition) is 0. The van der Waals surface area contributed by atoms with Crippen LogP contribution in [0.5, 0.6) is 0 Å². The number of aromatic nitrogens is 4. The topological polar surface area (TPSA) is 43.6 Å². The molecule has 0 aliphatic carbocycles. The SMILES string of the molecule is Cn1cncc1-c1nc(Cl)c(I)c(-c2ccccc2)n1. The molecule has 2 aromatic heterocycles. The molecule has 0 aliphatic rings. The van der Waals surface area contributed by atoms with Crippen LogP contribution in [0, 0.1) is 3.57 Å². The molecular weight excluding hydrogens is 387 g/mol. The van der Waals surface area contributed by atoms with E-state index in [0.717, 1.165) is 20.5 Å². The molecule has 0 radical (unpaired) electrons. The molecule has 0 saturated carbocycles. The van der Waals surface area contributed by atoms with E-state index in [9.17, 15) is 0 Å². The predicted octanol–water partition coefficient (Wildman–Crippen LogP) is 3.80. The van der Waals surface area contributed by atoms with Gasteiger partial charge in [-0.3, -0.25) is 0 Å². The maximum Gasteiger partial charge on any atom is 0.179 e. The van der Waals surface area contributed by atoms with Gasteiger partial charge >= 0.3 is 0 Å². The summed E-state index contributed by atoms with van der Waals surface area (Å²) in [6, 6.07) is 9.94. The maximum atomic E-state index is 6.25. The quantitative estimate of drug-likeness (QED) is 0.489. The summed E-state index contributed by atoms with van der Waals surface area (Å²) in [7, 11) is 1.90. The molecule has 0 unspecified atom stereocenters. The van der Waals surface area contributed by atoms with Crippen molar-refractivity contribution in [3.63, 3.8) is 0 Å². The first-order valence-electron chi connectivity index (χ1n) is 5.92. The van der Waals surface area contributed by atoms with Crippen LogP contribution in [0.15, 0.2) is 42.9 Å². The lowest BCUT2D eigenvalue weighted by Gasteiger charge is -2.08. The van der Waals surface area contributed by atoms with Gasteiger partial charge < -0.3 is 4.57 Å². The first-order chi connectivity index (χ1) is 9.66. The Hall–Kier alpha value is -1.47. The largest absolute Gasteiger partial charge is 0.331 e. The Kier molecular flexibility index (Phi) is 3.71. The zero-order valence-corrected chi connectivity index (χ0v) is 13.5. The number of benzene rings is 1. The van der Waals surface area contributed by atoms with Crippen molar-refractivity contribution in [2.45, 2.75) is 0 Å². The summed E-state index contributed by atoms with van der Waals surface area (Å²) in [6.45, 7) is 0. The molecule has 2 heterocycles. The summed E-state index contributed by atoms with van der Waals surface area (Å²) in [5, 5.41) is 0.454. The molecule has 0 aliphatic heterocycles. The third-order valence-corrected chi connectivity index (χ3v) is 4.52. The van der Waals surface area contributed by atoms with Crippen LogP contribution in [-0.4, -0.2) is 19.5 Å². The summed E-state index contributed by atoms with van der Waals surface area (Å²) in [4.78, 5) is 13.1. The average molecular weight is 397 g/mol. The van der Waals surface area contributed by atoms with Crippen molar-refractivity contribution < 1.29 is 0 Å². The monoisotopic (exact) mass is 396 g/mol. The van der Waals surface area contributed by atoms with E-state index in [1.807, 2.05) is 41.9 Å². The standard InChI is InChI=1S/C14H10ClIN4/c1-20-8-17-7-10(20)14-18-12(11(16)13(15)19-14)9-5-3-2-4-6-9/h2-8H,1H3. The number of aryl methyl sites for hydroxylation is 1. The highest BCUT2D eigenvalue weighted by atomic mass is 127. The Balaban J connectivity index is 2.21. The van der Waals surface area contributed by atoms with Crippen molar-refractivity contribution in [1.82, 2.24) is 19.5 Å². The third kappa shape index (κ3) is 2.43. The van der Waals surface area contributed by atoms with Crippen molar-refractivity contribution in [3.05, 3.63) is 51.6 Å². The lowest BCUT2D eigenvalue weighted by Crippen LogP contribution is -2.00.